The van der Waals surface area contributed by atoms with E-state index in [0.717, 1.165) is 16.3 Å². The van der Waals surface area contributed by atoms with E-state index in [1.165, 1.54) is 37.5 Å². The van der Waals surface area contributed by atoms with Crippen molar-refractivity contribution < 1.29 is 22.1 Å². The molecule has 0 heterocycles. The third-order valence-electron chi connectivity index (χ3n) is 5.47. The highest BCUT2D eigenvalue weighted by Crippen LogP contribution is 2.39. The Labute approximate surface area is 223 Å². The number of fused-ring (bicyclic) bond motifs is 1. The van der Waals surface area contributed by atoms with Gasteiger partial charge in [-0.2, -0.15) is 13.7 Å². The van der Waals surface area contributed by atoms with Crippen molar-refractivity contribution in [2.45, 2.75) is 11.8 Å². The van der Waals surface area contributed by atoms with Crippen LogP contribution in [-0.4, -0.2) is 21.4 Å². The maximum absolute atomic E-state index is 12.9. The first-order valence-electron chi connectivity index (χ1n) is 11.0. The molecule has 0 aromatic heterocycles. The molecule has 0 aliphatic carbocycles. The Hall–Kier alpha value is -4.13. The number of benzene rings is 4. The maximum atomic E-state index is 12.9. The predicted octanol–water partition coefficient (Wildman–Crippen LogP) is 6.23. The third kappa shape index (κ3) is 5.82. The summed E-state index contributed by atoms with van der Waals surface area (Å²) in [5.74, 6) is -0.543. The lowest BCUT2D eigenvalue weighted by atomic mass is 10.1. The minimum absolute atomic E-state index is 0.00657. The number of methoxy groups -OCH3 is 1. The average Bonchev–Trinajstić information content (AvgIpc) is 2.89. The molecular weight excluding hydrogens is 556 g/mol. The number of hydrogen-bond donors (Lipinski definition) is 1. The fourth-order valence-electron chi connectivity index (χ4n) is 3.61. The second-order valence-electron chi connectivity index (χ2n) is 8.04. The maximum Gasteiger partial charge on any atom is 0.339 e. The number of carbonyl (C=O) groups is 1. The first kappa shape index (κ1) is 25.9. The second-order valence-corrected chi connectivity index (χ2v) is 10.4. The van der Waals surface area contributed by atoms with Crippen molar-refractivity contribution in [1.82, 2.24) is 0 Å². The molecule has 0 saturated heterocycles. The molecule has 0 atom stereocenters. The Kier molecular flexibility index (Phi) is 7.62. The van der Waals surface area contributed by atoms with Crippen LogP contribution in [0.5, 0.6) is 11.5 Å². The minimum Gasteiger partial charge on any atom is -0.493 e. The molecule has 9 heteroatoms. The molecular formula is C28H21BrN2O5S. The highest BCUT2D eigenvalue weighted by Gasteiger charge is 2.22. The summed E-state index contributed by atoms with van der Waals surface area (Å²) in [7, 11) is -2.77. The second kappa shape index (κ2) is 10.9. The van der Waals surface area contributed by atoms with Crippen molar-refractivity contribution in [1.29, 1.82) is 5.26 Å². The first-order chi connectivity index (χ1) is 17.7. The van der Waals surface area contributed by atoms with Crippen molar-refractivity contribution in [3.8, 4) is 17.6 Å². The molecule has 0 fully saturated rings. The highest BCUT2D eigenvalue weighted by molar-refractivity contribution is 9.10. The largest absolute Gasteiger partial charge is 0.493 e. The Morgan fingerprint density at radius 2 is 1.73 bits per heavy atom. The van der Waals surface area contributed by atoms with Gasteiger partial charge in [-0.25, -0.2) is 0 Å². The fourth-order valence-corrected chi connectivity index (χ4v) is 5.21. The zero-order chi connectivity index (χ0) is 26.6. The molecule has 4 aromatic carbocycles. The smallest absolute Gasteiger partial charge is 0.339 e. The molecule has 0 radical (unpaired) electrons. The number of nitrogens with one attached hydrogen (secondary N) is 1. The van der Waals surface area contributed by atoms with E-state index >= 15 is 0 Å². The van der Waals surface area contributed by atoms with E-state index in [0.29, 0.717) is 11.3 Å². The van der Waals surface area contributed by atoms with Crippen molar-refractivity contribution in [2.24, 2.45) is 0 Å². The van der Waals surface area contributed by atoms with E-state index in [1.54, 1.807) is 18.2 Å². The zero-order valence-electron chi connectivity index (χ0n) is 19.9. The van der Waals surface area contributed by atoms with Gasteiger partial charge >= 0.3 is 10.1 Å². The number of hydrogen-bond acceptors (Lipinski definition) is 6. The summed E-state index contributed by atoms with van der Waals surface area (Å²) in [6, 6.07) is 24.3. The average molecular weight is 577 g/mol. The Morgan fingerprint density at radius 1 is 1.03 bits per heavy atom. The van der Waals surface area contributed by atoms with Gasteiger partial charge in [0.1, 0.15) is 16.5 Å². The van der Waals surface area contributed by atoms with Crippen molar-refractivity contribution in [3.05, 3.63) is 100 Å². The van der Waals surface area contributed by atoms with Crippen LogP contribution in [0.15, 0.2) is 93.8 Å². The van der Waals surface area contributed by atoms with Gasteiger partial charge < -0.3 is 14.2 Å². The van der Waals surface area contributed by atoms with Gasteiger partial charge in [-0.1, -0.05) is 54.1 Å². The molecule has 37 heavy (non-hydrogen) atoms. The summed E-state index contributed by atoms with van der Waals surface area (Å²) in [6.07, 6.45) is 1.38. The van der Waals surface area contributed by atoms with Crippen LogP contribution in [0, 0.1) is 18.3 Å². The van der Waals surface area contributed by atoms with Crippen LogP contribution in [0.1, 0.15) is 11.1 Å². The van der Waals surface area contributed by atoms with Gasteiger partial charge in [-0.15, -0.1) is 0 Å². The molecule has 1 amide bonds. The molecule has 0 saturated carbocycles. The summed E-state index contributed by atoms with van der Waals surface area (Å²) < 4.78 is 36.6. The fraction of sp³-hybridized carbons (Fsp3) is 0.0714. The third-order valence-corrected chi connectivity index (χ3v) is 7.29. The van der Waals surface area contributed by atoms with Crippen LogP contribution >= 0.6 is 15.9 Å². The number of nitrogens with zero attached hydrogens (tertiary/aromatic N) is 1. The van der Waals surface area contributed by atoms with Crippen LogP contribution in [-0.2, 0) is 14.9 Å². The molecule has 1 N–H and O–H groups in total. The van der Waals surface area contributed by atoms with Crippen LogP contribution in [0.4, 0.5) is 5.69 Å². The number of halogens is 1. The molecule has 0 unspecified atom stereocenters. The number of carbonyl (C=O) groups excluding carboxylic acids is 1. The molecule has 0 aliphatic heterocycles. The van der Waals surface area contributed by atoms with Gasteiger partial charge in [0.25, 0.3) is 5.91 Å². The Morgan fingerprint density at radius 3 is 2.43 bits per heavy atom. The first-order valence-corrected chi connectivity index (χ1v) is 13.2. The monoisotopic (exact) mass is 576 g/mol. The van der Waals surface area contributed by atoms with Gasteiger partial charge in [0.2, 0.25) is 0 Å². The lowest BCUT2D eigenvalue weighted by Crippen LogP contribution is -2.13. The zero-order valence-corrected chi connectivity index (χ0v) is 22.3. The van der Waals surface area contributed by atoms with E-state index in [-0.39, 0.29) is 26.4 Å². The summed E-state index contributed by atoms with van der Waals surface area (Å²) >= 11 is 3.32. The van der Waals surface area contributed by atoms with Crippen LogP contribution < -0.4 is 14.2 Å². The van der Waals surface area contributed by atoms with Gasteiger partial charge in [0, 0.05) is 11.1 Å². The molecule has 0 aliphatic rings. The quantitative estimate of drug-likeness (QED) is 0.159. The van der Waals surface area contributed by atoms with Gasteiger partial charge in [-0.05, 0) is 70.2 Å². The Bertz CT molecular complexity index is 1670. The topological polar surface area (TPSA) is 105 Å². The summed E-state index contributed by atoms with van der Waals surface area (Å²) in [5.41, 5.74) is 1.76. The number of nitriles is 1. The van der Waals surface area contributed by atoms with Gasteiger partial charge in [0.15, 0.2) is 11.5 Å². The summed E-state index contributed by atoms with van der Waals surface area (Å²) in [4.78, 5) is 12.9. The van der Waals surface area contributed by atoms with Gasteiger partial charge in [0.05, 0.1) is 11.6 Å². The SMILES string of the molecule is COc1cc(/C=C(\C#N)C(=O)Nc2cccc3ccccc23)cc(Br)c1OS(=O)(=O)c1ccc(C)cc1. The Balaban J connectivity index is 1.63. The molecule has 0 bridgehead atoms. The van der Waals surface area contributed by atoms with Crippen LogP contribution in [0.3, 0.4) is 0 Å². The predicted molar refractivity (Wildman–Crippen MR) is 146 cm³/mol. The number of anilines is 1. The van der Waals surface area contributed by atoms with E-state index in [4.69, 9.17) is 8.92 Å². The van der Waals surface area contributed by atoms with E-state index < -0.39 is 16.0 Å². The minimum atomic E-state index is -4.13. The number of rotatable bonds is 7. The standard InChI is InChI=1S/C28H21BrN2O5S/c1-18-10-12-22(13-11-18)37(33,34)36-27-24(29)15-19(16-26(27)35-2)14-21(17-30)28(32)31-25-9-5-7-20-6-3-4-8-23(20)25/h3-16H,1-2H3,(H,31,32)/b21-14+. The van der Waals surface area contributed by atoms with Crippen molar-refractivity contribution in [3.63, 3.8) is 0 Å². The van der Waals surface area contributed by atoms with Crippen molar-refractivity contribution in [2.75, 3.05) is 12.4 Å². The lowest BCUT2D eigenvalue weighted by Gasteiger charge is -2.14. The van der Waals surface area contributed by atoms with Crippen LogP contribution in [0.2, 0.25) is 0 Å². The summed E-state index contributed by atoms with van der Waals surface area (Å²) in [5, 5.41) is 14.3. The van der Waals surface area contributed by atoms with E-state index in [2.05, 4.69) is 21.2 Å². The molecule has 4 aromatic rings. The van der Waals surface area contributed by atoms with Gasteiger partial charge in [-0.3, -0.25) is 4.79 Å². The molecule has 7 nitrogen and oxygen atoms in total. The van der Waals surface area contributed by atoms with Crippen molar-refractivity contribution >= 4 is 54.5 Å². The molecule has 186 valence electrons. The van der Waals surface area contributed by atoms with E-state index in [9.17, 15) is 18.5 Å². The summed E-state index contributed by atoms with van der Waals surface area (Å²) in [6.45, 7) is 1.85. The van der Waals surface area contributed by atoms with Crippen LogP contribution in [0.25, 0.3) is 16.8 Å². The van der Waals surface area contributed by atoms with E-state index in [1.807, 2.05) is 49.4 Å². The number of aryl methyl sites for hydroxylation is 1. The lowest BCUT2D eigenvalue weighted by molar-refractivity contribution is -0.112. The highest BCUT2D eigenvalue weighted by atomic mass is 79.9. The molecule has 4 rings (SSSR count). The normalized spacial score (nSPS) is 11.6. The molecule has 0 spiro atoms. The number of amides is 1. The number of ether oxygens (including phenoxy) is 1.